The third kappa shape index (κ3) is 4.96. The maximum atomic E-state index is 11.1. The van der Waals surface area contributed by atoms with Crippen molar-refractivity contribution in [2.24, 2.45) is 5.92 Å². The summed E-state index contributed by atoms with van der Waals surface area (Å²) in [4.78, 5) is 28.0. The maximum absolute atomic E-state index is 11.1. The number of hydrogen-bond acceptors (Lipinski definition) is 3. The van der Waals surface area contributed by atoms with Gasteiger partial charge in [-0.25, -0.2) is 9.36 Å². The molecular formula is C9H18NO5P. The monoisotopic (exact) mass is 251 g/mol. The predicted molar refractivity (Wildman–Crippen MR) is 57.7 cm³/mol. The van der Waals surface area contributed by atoms with E-state index in [2.05, 4.69) is 9.84 Å². The number of hydrogen-bond donors (Lipinski definition) is 3. The largest absolute Gasteiger partial charge is 0.528 e. The first kappa shape index (κ1) is 13.5. The first-order valence-corrected chi connectivity index (χ1v) is 6.97. The number of carbonyl (C=O) groups excluding carboxylic acids is 1. The second kappa shape index (κ2) is 5.66. The van der Waals surface area contributed by atoms with E-state index in [0.717, 1.165) is 25.7 Å². The fraction of sp³-hybridized carbons (Fsp3) is 0.889. The molecule has 1 aliphatic rings. The zero-order chi connectivity index (χ0) is 12.2. The van der Waals surface area contributed by atoms with Gasteiger partial charge in [0.05, 0.1) is 0 Å². The lowest BCUT2D eigenvalue weighted by molar-refractivity contribution is 0.166. The third-order valence-electron chi connectivity index (χ3n) is 2.90. The van der Waals surface area contributed by atoms with Crippen LogP contribution in [0.15, 0.2) is 0 Å². The van der Waals surface area contributed by atoms with Gasteiger partial charge in [-0.15, -0.1) is 0 Å². The van der Waals surface area contributed by atoms with Gasteiger partial charge in [0, 0.05) is 6.04 Å². The Labute approximate surface area is 94.6 Å². The van der Waals surface area contributed by atoms with Crippen molar-refractivity contribution in [3.05, 3.63) is 0 Å². The molecule has 0 radical (unpaired) electrons. The standard InChI is InChI=1S/C9H18NO5P/c1-7(8-5-3-2-4-6-8)10-9(11)15-16(12,13)14/h7-8H,2-6H2,1H3,(H,10,11)(H2,12,13,14). The van der Waals surface area contributed by atoms with Crippen molar-refractivity contribution >= 4 is 13.9 Å². The van der Waals surface area contributed by atoms with Gasteiger partial charge in [-0.2, -0.15) is 0 Å². The molecule has 3 N–H and O–H groups in total. The maximum Gasteiger partial charge on any atom is 0.528 e. The molecule has 1 fully saturated rings. The van der Waals surface area contributed by atoms with Crippen molar-refractivity contribution in [3.8, 4) is 0 Å². The van der Waals surface area contributed by atoms with Crippen LogP contribution < -0.4 is 5.32 Å². The van der Waals surface area contributed by atoms with Crippen molar-refractivity contribution in [2.75, 3.05) is 0 Å². The van der Waals surface area contributed by atoms with Crippen LogP contribution in [0.3, 0.4) is 0 Å². The molecule has 1 aliphatic carbocycles. The van der Waals surface area contributed by atoms with Crippen LogP contribution in [0.1, 0.15) is 39.0 Å². The molecule has 7 heteroatoms. The van der Waals surface area contributed by atoms with E-state index in [1.54, 1.807) is 0 Å². The summed E-state index contributed by atoms with van der Waals surface area (Å²) in [5.74, 6) is 0.373. The highest BCUT2D eigenvalue weighted by molar-refractivity contribution is 7.46. The Morgan fingerprint density at radius 3 is 2.44 bits per heavy atom. The fourth-order valence-corrected chi connectivity index (χ4v) is 2.34. The molecule has 0 aromatic carbocycles. The summed E-state index contributed by atoms with van der Waals surface area (Å²) in [5.41, 5.74) is 0. The number of carbonyl (C=O) groups is 1. The van der Waals surface area contributed by atoms with Crippen LogP contribution in [0.5, 0.6) is 0 Å². The molecule has 1 saturated carbocycles. The third-order valence-corrected chi connectivity index (χ3v) is 3.31. The quantitative estimate of drug-likeness (QED) is 0.664. The minimum absolute atomic E-state index is 0.112. The van der Waals surface area contributed by atoms with Crippen molar-refractivity contribution in [3.63, 3.8) is 0 Å². The lowest BCUT2D eigenvalue weighted by atomic mass is 9.85. The van der Waals surface area contributed by atoms with Gasteiger partial charge in [0.2, 0.25) is 0 Å². The van der Waals surface area contributed by atoms with Gasteiger partial charge in [0.1, 0.15) is 0 Å². The van der Waals surface area contributed by atoms with Gasteiger partial charge < -0.3 is 9.84 Å². The molecule has 94 valence electrons. The summed E-state index contributed by atoms with van der Waals surface area (Å²) >= 11 is 0. The van der Waals surface area contributed by atoms with Crippen LogP contribution in [0.4, 0.5) is 4.79 Å². The molecule has 6 nitrogen and oxygen atoms in total. The molecule has 1 unspecified atom stereocenters. The fourth-order valence-electron chi connectivity index (χ4n) is 2.07. The van der Waals surface area contributed by atoms with Crippen LogP contribution in [-0.4, -0.2) is 21.9 Å². The number of phosphoric acid groups is 1. The second-order valence-electron chi connectivity index (χ2n) is 4.20. The summed E-state index contributed by atoms with van der Waals surface area (Å²) in [5, 5.41) is 2.45. The van der Waals surface area contributed by atoms with Gasteiger partial charge in [-0.1, -0.05) is 19.3 Å². The average Bonchev–Trinajstić information content (AvgIpc) is 2.16. The van der Waals surface area contributed by atoms with Gasteiger partial charge in [0.15, 0.2) is 0 Å². The first-order chi connectivity index (χ1) is 7.38. The van der Waals surface area contributed by atoms with Gasteiger partial charge in [-0.05, 0) is 25.7 Å². The Bertz CT molecular complexity index is 284. The van der Waals surface area contributed by atoms with Crippen LogP contribution in [-0.2, 0) is 9.09 Å². The topological polar surface area (TPSA) is 95.9 Å². The van der Waals surface area contributed by atoms with Gasteiger partial charge in [0.25, 0.3) is 0 Å². The number of phosphoric ester groups is 1. The minimum atomic E-state index is -4.73. The Hall–Kier alpha value is -0.580. The first-order valence-electron chi connectivity index (χ1n) is 5.44. The zero-order valence-corrected chi connectivity index (χ0v) is 10.2. The van der Waals surface area contributed by atoms with E-state index in [1.165, 1.54) is 6.42 Å². The molecule has 1 atom stereocenters. The van der Waals surface area contributed by atoms with Crippen molar-refractivity contribution in [1.29, 1.82) is 0 Å². The number of nitrogens with one attached hydrogen (secondary N) is 1. The molecule has 0 aromatic heterocycles. The summed E-state index contributed by atoms with van der Waals surface area (Å²) in [7, 11) is -4.73. The van der Waals surface area contributed by atoms with Crippen molar-refractivity contribution in [2.45, 2.75) is 45.1 Å². The molecule has 0 saturated heterocycles. The molecule has 1 amide bonds. The van der Waals surface area contributed by atoms with Gasteiger partial charge in [-0.3, -0.25) is 9.79 Å². The van der Waals surface area contributed by atoms with E-state index in [4.69, 9.17) is 9.79 Å². The smallest absolute Gasteiger partial charge is 0.354 e. The van der Waals surface area contributed by atoms with Gasteiger partial charge >= 0.3 is 13.9 Å². The molecule has 0 spiro atoms. The van der Waals surface area contributed by atoms with Crippen molar-refractivity contribution in [1.82, 2.24) is 5.32 Å². The Morgan fingerprint density at radius 2 is 1.94 bits per heavy atom. The normalized spacial score (nSPS) is 20.2. The Balaban J connectivity index is 2.35. The SMILES string of the molecule is CC(NC(=O)OP(=O)(O)O)C1CCCCC1. The summed E-state index contributed by atoms with van der Waals surface area (Å²) in [6.07, 6.45) is 4.53. The number of rotatable bonds is 3. The Kier molecular flexibility index (Phi) is 4.77. The summed E-state index contributed by atoms with van der Waals surface area (Å²) < 4.78 is 14.3. The van der Waals surface area contributed by atoms with Crippen LogP contribution in [0.25, 0.3) is 0 Å². The highest BCUT2D eigenvalue weighted by atomic mass is 31.2. The molecule has 0 bridgehead atoms. The van der Waals surface area contributed by atoms with E-state index >= 15 is 0 Å². The minimum Gasteiger partial charge on any atom is -0.354 e. The van der Waals surface area contributed by atoms with Crippen LogP contribution >= 0.6 is 7.82 Å². The van der Waals surface area contributed by atoms with Crippen LogP contribution in [0.2, 0.25) is 0 Å². The van der Waals surface area contributed by atoms with E-state index in [-0.39, 0.29) is 6.04 Å². The molecule has 0 aliphatic heterocycles. The van der Waals surface area contributed by atoms with Crippen molar-refractivity contribution < 1.29 is 23.7 Å². The van der Waals surface area contributed by atoms with Crippen LogP contribution in [0, 0.1) is 5.92 Å². The summed E-state index contributed by atoms with van der Waals surface area (Å²) in [6.45, 7) is 1.83. The average molecular weight is 251 g/mol. The molecule has 0 heterocycles. The molecule has 1 rings (SSSR count). The highest BCUT2D eigenvalue weighted by Gasteiger charge is 2.25. The Morgan fingerprint density at radius 1 is 1.38 bits per heavy atom. The van der Waals surface area contributed by atoms with E-state index in [1.807, 2.05) is 6.92 Å². The molecule has 0 aromatic rings. The molecular weight excluding hydrogens is 233 g/mol. The van der Waals surface area contributed by atoms with E-state index < -0.39 is 13.9 Å². The number of amides is 1. The molecule has 16 heavy (non-hydrogen) atoms. The van der Waals surface area contributed by atoms with E-state index in [9.17, 15) is 9.36 Å². The second-order valence-corrected chi connectivity index (χ2v) is 5.36. The summed E-state index contributed by atoms with van der Waals surface area (Å²) in [6, 6.07) is -0.112. The van der Waals surface area contributed by atoms with E-state index in [0.29, 0.717) is 5.92 Å². The predicted octanol–water partition coefficient (Wildman–Crippen LogP) is 1.77. The highest BCUT2D eigenvalue weighted by Crippen LogP contribution is 2.36. The lowest BCUT2D eigenvalue weighted by Gasteiger charge is -2.27. The zero-order valence-electron chi connectivity index (χ0n) is 9.26. The lowest BCUT2D eigenvalue weighted by Crippen LogP contribution is -2.38.